The van der Waals surface area contributed by atoms with Crippen molar-refractivity contribution in [2.24, 2.45) is 5.73 Å². The number of carboxylic acids is 3. The highest BCUT2D eigenvalue weighted by molar-refractivity contribution is 5.73. The molecule has 1 rings (SSSR count). The van der Waals surface area contributed by atoms with Gasteiger partial charge in [0.2, 0.25) is 0 Å². The van der Waals surface area contributed by atoms with Crippen molar-refractivity contribution < 1.29 is 56.0 Å². The van der Waals surface area contributed by atoms with E-state index in [1.54, 1.807) is 0 Å². The number of carboxylic acid groups (broad SMARTS) is 3. The van der Waals surface area contributed by atoms with Gasteiger partial charge in [0, 0.05) is 0 Å². The van der Waals surface area contributed by atoms with E-state index in [-0.39, 0.29) is 0 Å². The summed E-state index contributed by atoms with van der Waals surface area (Å²) in [5.74, 6) is -6.47. The second kappa shape index (κ2) is 10.9. The average molecular weight is 393 g/mol. The molecular weight excluding hydrogens is 380 g/mol. The Balaban J connectivity index is 0. The molecule has 1 aromatic carbocycles. The van der Waals surface area contributed by atoms with E-state index in [9.17, 15) is 31.1 Å². The number of aliphatic carboxylic acids is 3. The number of carbonyl (C=O) groups is 3. The predicted octanol–water partition coefficient (Wildman–Crippen LogP) is 1.91. The third kappa shape index (κ3) is 13.6. The summed E-state index contributed by atoms with van der Waals surface area (Å²) in [6.45, 7) is 0. The van der Waals surface area contributed by atoms with E-state index in [2.05, 4.69) is 0 Å². The minimum absolute atomic E-state index is 0.385. The highest BCUT2D eigenvalue weighted by Crippen LogP contribution is 2.13. The lowest BCUT2D eigenvalue weighted by Crippen LogP contribution is -2.32. The van der Waals surface area contributed by atoms with Gasteiger partial charge in [0.1, 0.15) is 6.04 Å². The summed E-state index contributed by atoms with van der Waals surface area (Å²) in [7, 11) is 0. The number of rotatable bonds is 3. The Morgan fingerprint density at radius 2 is 1.15 bits per heavy atom. The summed E-state index contributed by atoms with van der Waals surface area (Å²) in [5.41, 5.74) is 6.30. The summed E-state index contributed by atoms with van der Waals surface area (Å²) in [6.07, 6.45) is -9.78. The SMILES string of the molecule is NC(Cc1ccccc1)C(=O)O.O=C(O)C(F)(F)F.O=C(O)C(F)(F)F. The molecule has 1 unspecified atom stereocenters. The number of benzene rings is 1. The molecule has 0 aliphatic heterocycles. The molecule has 7 nitrogen and oxygen atoms in total. The molecule has 26 heavy (non-hydrogen) atoms. The van der Waals surface area contributed by atoms with Crippen LogP contribution >= 0.6 is 0 Å². The molecule has 13 heteroatoms. The quantitative estimate of drug-likeness (QED) is 0.576. The Morgan fingerprint density at radius 3 is 1.38 bits per heavy atom. The van der Waals surface area contributed by atoms with E-state index in [4.69, 9.17) is 30.6 Å². The molecule has 1 aromatic rings. The van der Waals surface area contributed by atoms with E-state index >= 15 is 0 Å². The fourth-order valence-corrected chi connectivity index (χ4v) is 0.955. The van der Waals surface area contributed by atoms with Crippen molar-refractivity contribution in [3.63, 3.8) is 0 Å². The number of hydrogen-bond donors (Lipinski definition) is 4. The highest BCUT2D eigenvalue weighted by Gasteiger charge is 2.38. The summed E-state index contributed by atoms with van der Waals surface area (Å²) in [6, 6.07) is 8.54. The van der Waals surface area contributed by atoms with Crippen LogP contribution in [0.2, 0.25) is 0 Å². The number of nitrogens with two attached hydrogens (primary N) is 1. The standard InChI is InChI=1S/C9H11NO2.2C2HF3O2/c10-8(9(11)12)6-7-4-2-1-3-5-7;2*3-2(4,5)1(6)7/h1-5,8H,6,10H2,(H,11,12);2*(H,6,7). The van der Waals surface area contributed by atoms with Crippen molar-refractivity contribution in [1.29, 1.82) is 0 Å². The summed E-state index contributed by atoms with van der Waals surface area (Å²) < 4.78 is 63.5. The number of alkyl halides is 6. The normalized spacial score (nSPS) is 11.8. The summed E-state index contributed by atoms with van der Waals surface area (Å²) in [5, 5.41) is 22.8. The van der Waals surface area contributed by atoms with Crippen molar-refractivity contribution in [3.8, 4) is 0 Å². The lowest BCUT2D eigenvalue weighted by atomic mass is 10.1. The number of hydrogen-bond acceptors (Lipinski definition) is 4. The van der Waals surface area contributed by atoms with Crippen LogP contribution in [0.15, 0.2) is 30.3 Å². The van der Waals surface area contributed by atoms with Crippen LogP contribution in [-0.4, -0.2) is 51.6 Å². The van der Waals surface area contributed by atoms with E-state index in [0.717, 1.165) is 5.56 Å². The third-order valence-electron chi connectivity index (χ3n) is 2.10. The molecule has 0 fully saturated rings. The first kappa shape index (κ1) is 25.4. The van der Waals surface area contributed by atoms with Gasteiger partial charge in [-0.3, -0.25) is 4.79 Å². The van der Waals surface area contributed by atoms with Crippen LogP contribution in [0.3, 0.4) is 0 Å². The van der Waals surface area contributed by atoms with Gasteiger partial charge >= 0.3 is 30.3 Å². The molecule has 0 aliphatic rings. The lowest BCUT2D eigenvalue weighted by Gasteiger charge is -2.04. The van der Waals surface area contributed by atoms with Gasteiger partial charge in [-0.25, -0.2) is 9.59 Å². The van der Waals surface area contributed by atoms with E-state index in [0.29, 0.717) is 6.42 Å². The van der Waals surface area contributed by atoms with Crippen molar-refractivity contribution in [2.75, 3.05) is 0 Å². The smallest absolute Gasteiger partial charge is 0.480 e. The Morgan fingerprint density at radius 1 is 0.846 bits per heavy atom. The Hall–Kier alpha value is -2.83. The van der Waals surface area contributed by atoms with Crippen molar-refractivity contribution >= 4 is 17.9 Å². The lowest BCUT2D eigenvalue weighted by molar-refractivity contribution is -0.193. The average Bonchev–Trinajstić information content (AvgIpc) is 2.47. The predicted molar refractivity (Wildman–Crippen MR) is 73.1 cm³/mol. The van der Waals surface area contributed by atoms with E-state index in [1.165, 1.54) is 0 Å². The molecule has 5 N–H and O–H groups in total. The van der Waals surface area contributed by atoms with Gasteiger partial charge in [-0.15, -0.1) is 0 Å². The summed E-state index contributed by atoms with van der Waals surface area (Å²) in [4.78, 5) is 28.2. The van der Waals surface area contributed by atoms with Gasteiger partial charge in [0.15, 0.2) is 0 Å². The second-order valence-electron chi connectivity index (χ2n) is 4.24. The molecule has 0 bridgehead atoms. The van der Waals surface area contributed by atoms with Gasteiger partial charge in [-0.1, -0.05) is 30.3 Å². The van der Waals surface area contributed by atoms with Gasteiger partial charge in [-0.2, -0.15) is 26.3 Å². The number of halogens is 6. The largest absolute Gasteiger partial charge is 0.490 e. The molecule has 0 amide bonds. The first-order valence-corrected chi connectivity index (χ1v) is 6.21. The fourth-order valence-electron chi connectivity index (χ4n) is 0.955. The highest BCUT2D eigenvalue weighted by atomic mass is 19.4. The maximum Gasteiger partial charge on any atom is 0.490 e. The Labute approximate surface area is 141 Å². The molecule has 0 saturated carbocycles. The van der Waals surface area contributed by atoms with E-state index < -0.39 is 36.3 Å². The molecule has 0 heterocycles. The van der Waals surface area contributed by atoms with Crippen LogP contribution in [-0.2, 0) is 20.8 Å². The minimum Gasteiger partial charge on any atom is -0.480 e. The molecule has 0 radical (unpaired) electrons. The zero-order valence-corrected chi connectivity index (χ0v) is 12.6. The van der Waals surface area contributed by atoms with Crippen molar-refractivity contribution in [3.05, 3.63) is 35.9 Å². The monoisotopic (exact) mass is 393 g/mol. The zero-order chi connectivity index (χ0) is 21.1. The van der Waals surface area contributed by atoms with Gasteiger partial charge in [-0.05, 0) is 12.0 Å². The van der Waals surface area contributed by atoms with Crippen LogP contribution in [0.4, 0.5) is 26.3 Å². The molecular formula is C13H13F6NO6. The third-order valence-corrected chi connectivity index (χ3v) is 2.10. The second-order valence-corrected chi connectivity index (χ2v) is 4.24. The zero-order valence-electron chi connectivity index (χ0n) is 12.6. The molecule has 0 aromatic heterocycles. The topological polar surface area (TPSA) is 138 Å². The molecule has 0 saturated heterocycles. The molecule has 0 spiro atoms. The van der Waals surface area contributed by atoms with Gasteiger partial charge in [0.05, 0.1) is 0 Å². The van der Waals surface area contributed by atoms with Crippen LogP contribution in [0.1, 0.15) is 5.56 Å². The van der Waals surface area contributed by atoms with Crippen LogP contribution in [0.25, 0.3) is 0 Å². The van der Waals surface area contributed by atoms with Crippen LogP contribution in [0, 0.1) is 0 Å². The molecule has 1 atom stereocenters. The molecule has 0 aliphatic carbocycles. The maximum absolute atomic E-state index is 10.6. The van der Waals surface area contributed by atoms with Crippen molar-refractivity contribution in [1.82, 2.24) is 0 Å². The van der Waals surface area contributed by atoms with Crippen molar-refractivity contribution in [2.45, 2.75) is 24.8 Å². The van der Waals surface area contributed by atoms with Gasteiger partial charge < -0.3 is 21.1 Å². The first-order valence-electron chi connectivity index (χ1n) is 6.21. The fraction of sp³-hybridized carbons (Fsp3) is 0.308. The first-order chi connectivity index (χ1) is 11.6. The van der Waals surface area contributed by atoms with E-state index in [1.807, 2.05) is 30.3 Å². The maximum atomic E-state index is 10.6. The summed E-state index contributed by atoms with van der Waals surface area (Å²) >= 11 is 0. The minimum atomic E-state index is -5.08. The Kier molecular flexibility index (Phi) is 10.7. The Bertz CT molecular complexity index is 563. The molecule has 148 valence electrons. The van der Waals surface area contributed by atoms with Gasteiger partial charge in [0.25, 0.3) is 0 Å². The van der Waals surface area contributed by atoms with Crippen LogP contribution in [0.5, 0.6) is 0 Å². The van der Waals surface area contributed by atoms with Crippen LogP contribution < -0.4 is 5.73 Å².